The lowest BCUT2D eigenvalue weighted by molar-refractivity contribution is -0.116. The Labute approximate surface area is 169 Å². The van der Waals surface area contributed by atoms with Gasteiger partial charge in [0, 0.05) is 11.0 Å². The molecule has 0 saturated carbocycles. The van der Waals surface area contributed by atoms with Gasteiger partial charge in [-0.3, -0.25) is 4.79 Å². The summed E-state index contributed by atoms with van der Waals surface area (Å²) in [5.74, 6) is -5.55. The molecule has 0 bridgehead atoms. The van der Waals surface area contributed by atoms with Gasteiger partial charge >= 0.3 is 0 Å². The first kappa shape index (κ1) is 22.4. The zero-order valence-corrected chi connectivity index (χ0v) is 17.5. The third kappa shape index (κ3) is 4.92. The van der Waals surface area contributed by atoms with E-state index in [2.05, 4.69) is 21.2 Å². The van der Waals surface area contributed by atoms with Crippen molar-refractivity contribution >= 4 is 37.5 Å². The van der Waals surface area contributed by atoms with Gasteiger partial charge in [-0.2, -0.15) is 4.31 Å². The molecule has 1 amide bonds. The second-order valence-corrected chi connectivity index (χ2v) is 8.81. The van der Waals surface area contributed by atoms with Crippen molar-refractivity contribution in [2.45, 2.75) is 25.2 Å². The fraction of sp³-hybridized carbons (Fsp3) is 0.278. The molecule has 5 nitrogen and oxygen atoms in total. The van der Waals surface area contributed by atoms with Gasteiger partial charge in [-0.25, -0.2) is 21.6 Å². The van der Waals surface area contributed by atoms with Crippen LogP contribution in [0.4, 0.5) is 18.9 Å². The number of carbonyl (C=O) groups is 1. The average Bonchev–Trinajstić information content (AvgIpc) is 2.64. The molecule has 0 radical (unpaired) electrons. The van der Waals surface area contributed by atoms with Gasteiger partial charge in [0.2, 0.25) is 15.9 Å². The van der Waals surface area contributed by atoms with E-state index in [0.717, 1.165) is 14.8 Å². The topological polar surface area (TPSA) is 66.5 Å². The van der Waals surface area contributed by atoms with Crippen LogP contribution in [0.5, 0.6) is 0 Å². The lowest BCUT2D eigenvalue weighted by Crippen LogP contribution is -2.38. The van der Waals surface area contributed by atoms with Crippen molar-refractivity contribution in [1.82, 2.24) is 4.31 Å². The van der Waals surface area contributed by atoms with Gasteiger partial charge in [0.1, 0.15) is 0 Å². The monoisotopic (exact) mass is 478 g/mol. The number of anilines is 1. The van der Waals surface area contributed by atoms with Gasteiger partial charge in [-0.15, -0.1) is 0 Å². The van der Waals surface area contributed by atoms with Crippen LogP contribution in [0, 0.1) is 24.4 Å². The smallest absolute Gasteiger partial charge is 0.243 e. The Kier molecular flexibility index (Phi) is 7.24. The summed E-state index contributed by atoms with van der Waals surface area (Å²) >= 11 is 3.29. The van der Waals surface area contributed by atoms with E-state index in [1.54, 1.807) is 19.9 Å². The van der Waals surface area contributed by atoms with Crippen LogP contribution < -0.4 is 5.32 Å². The standard InChI is InChI=1S/C18H18BrF3N2O3S/c1-3-8-24(28(26,27)12-4-5-13(19)11(2)9-12)10-16(25)23-15-7-6-14(20)17(21)18(15)22/h4-7,9H,3,8,10H2,1-2H3,(H,23,25). The van der Waals surface area contributed by atoms with Crippen LogP contribution in [0.15, 0.2) is 39.7 Å². The third-order valence-electron chi connectivity index (χ3n) is 3.87. The molecule has 10 heteroatoms. The Bertz CT molecular complexity index is 1000. The Morgan fingerprint density at radius 3 is 2.43 bits per heavy atom. The normalized spacial score (nSPS) is 11.7. The molecule has 0 saturated heterocycles. The third-order valence-corrected chi connectivity index (χ3v) is 6.60. The predicted molar refractivity (Wildman–Crippen MR) is 103 cm³/mol. The van der Waals surface area contributed by atoms with E-state index in [0.29, 0.717) is 18.1 Å². The zero-order valence-electron chi connectivity index (χ0n) is 15.1. The molecule has 0 fully saturated rings. The molecule has 1 N–H and O–H groups in total. The zero-order chi connectivity index (χ0) is 21.1. The number of hydrogen-bond acceptors (Lipinski definition) is 3. The van der Waals surface area contributed by atoms with Crippen molar-refractivity contribution in [3.8, 4) is 0 Å². The number of rotatable bonds is 7. The summed E-state index contributed by atoms with van der Waals surface area (Å²) < 4.78 is 67.5. The van der Waals surface area contributed by atoms with Gasteiger partial charge in [-0.05, 0) is 49.2 Å². The van der Waals surface area contributed by atoms with Crippen molar-refractivity contribution in [3.63, 3.8) is 0 Å². The minimum absolute atomic E-state index is 0.00783. The number of carbonyl (C=O) groups excluding carboxylic acids is 1. The molecule has 0 aliphatic rings. The van der Waals surface area contributed by atoms with Gasteiger partial charge in [-0.1, -0.05) is 22.9 Å². The van der Waals surface area contributed by atoms with E-state index in [1.807, 2.05) is 0 Å². The van der Waals surface area contributed by atoms with Crippen LogP contribution in [0.3, 0.4) is 0 Å². The van der Waals surface area contributed by atoms with E-state index < -0.39 is 45.6 Å². The molecule has 0 unspecified atom stereocenters. The van der Waals surface area contributed by atoms with Crippen molar-refractivity contribution in [1.29, 1.82) is 0 Å². The maximum absolute atomic E-state index is 13.7. The fourth-order valence-corrected chi connectivity index (χ4v) is 4.25. The maximum atomic E-state index is 13.7. The average molecular weight is 479 g/mol. The van der Waals surface area contributed by atoms with E-state index in [-0.39, 0.29) is 11.4 Å². The Hall–Kier alpha value is -1.91. The van der Waals surface area contributed by atoms with Crippen LogP contribution in [-0.4, -0.2) is 31.7 Å². The largest absolute Gasteiger partial charge is 0.322 e. The molecule has 0 atom stereocenters. The molecule has 0 aliphatic carbocycles. The molecule has 0 heterocycles. The summed E-state index contributed by atoms with van der Waals surface area (Å²) in [5, 5.41) is 2.08. The number of nitrogens with zero attached hydrogens (tertiary/aromatic N) is 1. The Morgan fingerprint density at radius 2 is 1.82 bits per heavy atom. The SMILES string of the molecule is CCCN(CC(=O)Nc1ccc(F)c(F)c1F)S(=O)(=O)c1ccc(Br)c(C)c1. The highest BCUT2D eigenvalue weighted by atomic mass is 79.9. The molecular formula is C18H18BrF3N2O3S. The van der Waals surface area contributed by atoms with E-state index in [4.69, 9.17) is 0 Å². The predicted octanol–water partition coefficient (Wildman–Crippen LogP) is 4.21. The summed E-state index contributed by atoms with van der Waals surface area (Å²) in [6, 6.07) is 5.99. The first-order chi connectivity index (χ1) is 13.1. The molecule has 2 aromatic rings. The second-order valence-electron chi connectivity index (χ2n) is 6.02. The number of amides is 1. The number of halogens is 4. The van der Waals surface area contributed by atoms with Crippen LogP contribution in [0.25, 0.3) is 0 Å². The fourth-order valence-electron chi connectivity index (χ4n) is 2.43. The van der Waals surface area contributed by atoms with Crippen LogP contribution in [0.1, 0.15) is 18.9 Å². The number of benzene rings is 2. The van der Waals surface area contributed by atoms with Crippen molar-refractivity contribution in [2.75, 3.05) is 18.4 Å². The second kappa shape index (κ2) is 9.06. The molecule has 0 spiro atoms. The number of hydrogen-bond donors (Lipinski definition) is 1. The van der Waals surface area contributed by atoms with Crippen LogP contribution in [0.2, 0.25) is 0 Å². The first-order valence-corrected chi connectivity index (χ1v) is 10.5. The summed E-state index contributed by atoms with van der Waals surface area (Å²) in [6.45, 7) is 2.91. The van der Waals surface area contributed by atoms with Crippen molar-refractivity contribution in [2.24, 2.45) is 0 Å². The van der Waals surface area contributed by atoms with Crippen LogP contribution >= 0.6 is 15.9 Å². The highest BCUT2D eigenvalue weighted by Gasteiger charge is 2.27. The summed E-state index contributed by atoms with van der Waals surface area (Å²) in [7, 11) is -3.99. The summed E-state index contributed by atoms with van der Waals surface area (Å²) in [6.07, 6.45) is 0.432. The molecule has 0 aliphatic heterocycles. The molecule has 152 valence electrons. The Balaban J connectivity index is 2.25. The number of nitrogens with one attached hydrogen (secondary N) is 1. The lowest BCUT2D eigenvalue weighted by Gasteiger charge is -2.21. The molecule has 2 rings (SSSR count). The van der Waals surface area contributed by atoms with E-state index in [9.17, 15) is 26.4 Å². The lowest BCUT2D eigenvalue weighted by atomic mass is 10.2. The minimum Gasteiger partial charge on any atom is -0.322 e. The van der Waals surface area contributed by atoms with Crippen molar-refractivity contribution in [3.05, 3.63) is 57.8 Å². The first-order valence-electron chi connectivity index (χ1n) is 8.27. The Morgan fingerprint density at radius 1 is 1.14 bits per heavy atom. The summed E-state index contributed by atoms with van der Waals surface area (Å²) in [4.78, 5) is 12.2. The highest BCUT2D eigenvalue weighted by molar-refractivity contribution is 9.10. The molecular weight excluding hydrogens is 461 g/mol. The van der Waals surface area contributed by atoms with Crippen molar-refractivity contribution < 1.29 is 26.4 Å². The van der Waals surface area contributed by atoms with Gasteiger partial charge in [0.05, 0.1) is 17.1 Å². The van der Waals surface area contributed by atoms with E-state index in [1.165, 1.54) is 12.1 Å². The van der Waals surface area contributed by atoms with Gasteiger partial charge in [0.25, 0.3) is 0 Å². The quantitative estimate of drug-likeness (QED) is 0.606. The molecule has 0 aromatic heterocycles. The highest BCUT2D eigenvalue weighted by Crippen LogP contribution is 2.23. The number of aryl methyl sites for hydroxylation is 1. The number of sulfonamides is 1. The molecule has 2 aromatic carbocycles. The van der Waals surface area contributed by atoms with E-state index >= 15 is 0 Å². The van der Waals surface area contributed by atoms with Gasteiger partial charge < -0.3 is 5.32 Å². The molecule has 28 heavy (non-hydrogen) atoms. The summed E-state index contributed by atoms with van der Waals surface area (Å²) in [5.41, 5.74) is 0.128. The minimum atomic E-state index is -3.99. The van der Waals surface area contributed by atoms with Crippen LogP contribution in [-0.2, 0) is 14.8 Å². The maximum Gasteiger partial charge on any atom is 0.243 e. The van der Waals surface area contributed by atoms with Gasteiger partial charge in [0.15, 0.2) is 17.5 Å².